The Hall–Kier alpha value is -2.84. The van der Waals surface area contributed by atoms with Crippen LogP contribution in [0.25, 0.3) is 6.08 Å². The topological polar surface area (TPSA) is 44.8 Å². The monoisotopic (exact) mass is 447 g/mol. The molecule has 0 unspecified atom stereocenters. The summed E-state index contributed by atoms with van der Waals surface area (Å²) >= 11 is 0. The molecule has 1 aliphatic heterocycles. The predicted octanol–water partition coefficient (Wildman–Crippen LogP) is 4.98. The number of nitrogens with zero attached hydrogens (tertiary/aromatic N) is 2. The molecule has 1 heterocycles. The minimum atomic E-state index is -4.41. The number of urea groups is 1. The third kappa shape index (κ3) is 7.39. The number of carbonyl (C=O) groups is 1. The Labute approximate surface area is 186 Å². The number of ether oxygens (including phenoxy) is 1. The van der Waals surface area contributed by atoms with E-state index in [0.717, 1.165) is 36.4 Å². The Bertz CT molecular complexity index is 893. The first-order chi connectivity index (χ1) is 15.3. The smallest absolute Gasteiger partial charge is 0.379 e. The van der Waals surface area contributed by atoms with Crippen molar-refractivity contribution in [3.05, 3.63) is 71.3 Å². The molecule has 1 fully saturated rings. The van der Waals surface area contributed by atoms with Crippen molar-refractivity contribution in [2.45, 2.75) is 13.1 Å². The van der Waals surface area contributed by atoms with Crippen LogP contribution in [0.5, 0.6) is 0 Å². The Balaban J connectivity index is 1.68. The summed E-state index contributed by atoms with van der Waals surface area (Å²) in [6.45, 7) is 6.52. The third-order valence-electron chi connectivity index (χ3n) is 5.19. The standard InChI is InChI=1S/C24H28F3N3O2/c1-19(17-20-5-3-2-4-6-20)18-30(12-11-29-13-15-32-16-14-29)23(31)28-22-9-7-21(8-10-22)24(25,26)27/h2-10,17H,11-16,18H2,1H3,(H,28,31)/b19-17+. The van der Waals surface area contributed by atoms with E-state index in [0.29, 0.717) is 38.5 Å². The van der Waals surface area contributed by atoms with Gasteiger partial charge in [-0.2, -0.15) is 13.2 Å². The number of carbonyl (C=O) groups excluding carboxylic acids is 1. The summed E-state index contributed by atoms with van der Waals surface area (Å²) in [7, 11) is 0. The second-order valence-corrected chi connectivity index (χ2v) is 7.78. The van der Waals surface area contributed by atoms with E-state index < -0.39 is 11.7 Å². The predicted molar refractivity (Wildman–Crippen MR) is 119 cm³/mol. The summed E-state index contributed by atoms with van der Waals surface area (Å²) in [5.41, 5.74) is 1.62. The van der Waals surface area contributed by atoms with Crippen LogP contribution in [-0.4, -0.2) is 61.8 Å². The molecule has 0 spiro atoms. The number of rotatable bonds is 7. The summed E-state index contributed by atoms with van der Waals surface area (Å²) < 4.78 is 43.8. The lowest BCUT2D eigenvalue weighted by molar-refractivity contribution is -0.137. The number of nitrogens with one attached hydrogen (secondary N) is 1. The van der Waals surface area contributed by atoms with Crippen molar-refractivity contribution in [1.29, 1.82) is 0 Å². The molecule has 2 aromatic carbocycles. The van der Waals surface area contributed by atoms with Crippen LogP contribution >= 0.6 is 0 Å². The van der Waals surface area contributed by atoms with Crippen molar-refractivity contribution >= 4 is 17.8 Å². The lowest BCUT2D eigenvalue weighted by atomic mass is 10.1. The molecule has 2 aromatic rings. The zero-order valence-electron chi connectivity index (χ0n) is 18.1. The SMILES string of the molecule is C/C(=C\c1ccccc1)CN(CCN1CCOCC1)C(=O)Nc1ccc(C(F)(F)F)cc1. The van der Waals surface area contributed by atoms with E-state index in [4.69, 9.17) is 4.74 Å². The summed E-state index contributed by atoms with van der Waals surface area (Å²) in [6.07, 6.45) is -2.39. The average molecular weight is 448 g/mol. The van der Waals surface area contributed by atoms with Gasteiger partial charge in [-0.15, -0.1) is 0 Å². The molecule has 1 aliphatic rings. The van der Waals surface area contributed by atoms with E-state index in [2.05, 4.69) is 10.2 Å². The van der Waals surface area contributed by atoms with Crippen molar-refractivity contribution in [2.24, 2.45) is 0 Å². The molecule has 0 aromatic heterocycles. The highest BCUT2D eigenvalue weighted by molar-refractivity contribution is 5.89. The van der Waals surface area contributed by atoms with Crippen LogP contribution < -0.4 is 5.32 Å². The summed E-state index contributed by atoms with van der Waals surface area (Å²) in [5, 5.41) is 2.73. The van der Waals surface area contributed by atoms with Crippen molar-refractivity contribution < 1.29 is 22.7 Å². The van der Waals surface area contributed by atoms with Gasteiger partial charge in [-0.1, -0.05) is 42.0 Å². The summed E-state index contributed by atoms with van der Waals surface area (Å²) in [5.74, 6) is 0. The lowest BCUT2D eigenvalue weighted by Crippen LogP contribution is -2.44. The van der Waals surface area contributed by atoms with Gasteiger partial charge < -0.3 is 15.0 Å². The number of anilines is 1. The Morgan fingerprint density at radius 3 is 2.38 bits per heavy atom. The summed E-state index contributed by atoms with van der Waals surface area (Å²) in [6, 6.07) is 14.0. The quantitative estimate of drug-likeness (QED) is 0.652. The van der Waals surface area contributed by atoms with Gasteiger partial charge in [0.15, 0.2) is 0 Å². The molecule has 32 heavy (non-hydrogen) atoms. The zero-order valence-corrected chi connectivity index (χ0v) is 18.1. The van der Waals surface area contributed by atoms with E-state index in [-0.39, 0.29) is 6.03 Å². The van der Waals surface area contributed by atoms with Crippen molar-refractivity contribution in [3.63, 3.8) is 0 Å². The molecule has 3 rings (SSSR count). The maximum Gasteiger partial charge on any atom is 0.416 e. The minimum Gasteiger partial charge on any atom is -0.379 e. The maximum absolute atomic E-state index is 13.0. The zero-order chi connectivity index (χ0) is 23.0. The molecule has 0 atom stereocenters. The molecule has 1 N–H and O–H groups in total. The fourth-order valence-electron chi connectivity index (χ4n) is 3.46. The number of alkyl halides is 3. The van der Waals surface area contributed by atoms with E-state index in [9.17, 15) is 18.0 Å². The Kier molecular flexibility index (Phi) is 8.30. The van der Waals surface area contributed by atoms with E-state index >= 15 is 0 Å². The van der Waals surface area contributed by atoms with Gasteiger partial charge >= 0.3 is 12.2 Å². The highest BCUT2D eigenvalue weighted by Crippen LogP contribution is 2.29. The van der Waals surface area contributed by atoms with Crippen LogP contribution in [0.1, 0.15) is 18.1 Å². The van der Waals surface area contributed by atoms with Gasteiger partial charge in [0.25, 0.3) is 0 Å². The van der Waals surface area contributed by atoms with E-state index in [1.807, 2.05) is 43.3 Å². The molecule has 1 saturated heterocycles. The van der Waals surface area contributed by atoms with Crippen LogP contribution in [0.3, 0.4) is 0 Å². The highest BCUT2D eigenvalue weighted by Gasteiger charge is 2.30. The van der Waals surface area contributed by atoms with Crippen LogP contribution in [0.2, 0.25) is 0 Å². The van der Waals surface area contributed by atoms with Gasteiger partial charge in [0.2, 0.25) is 0 Å². The van der Waals surface area contributed by atoms with Crippen LogP contribution in [0.4, 0.5) is 23.7 Å². The fraction of sp³-hybridized carbons (Fsp3) is 0.375. The molecule has 0 radical (unpaired) electrons. The molecule has 0 saturated carbocycles. The second-order valence-electron chi connectivity index (χ2n) is 7.78. The third-order valence-corrected chi connectivity index (χ3v) is 5.19. The van der Waals surface area contributed by atoms with Crippen LogP contribution in [0.15, 0.2) is 60.2 Å². The Morgan fingerprint density at radius 1 is 1.09 bits per heavy atom. The normalized spacial score (nSPS) is 15.4. The van der Waals surface area contributed by atoms with E-state index in [1.165, 1.54) is 12.1 Å². The van der Waals surface area contributed by atoms with Gasteiger partial charge in [-0.3, -0.25) is 4.90 Å². The molecule has 8 heteroatoms. The number of morpholine rings is 1. The van der Waals surface area contributed by atoms with Crippen molar-refractivity contribution in [1.82, 2.24) is 9.80 Å². The molecule has 5 nitrogen and oxygen atoms in total. The first-order valence-electron chi connectivity index (χ1n) is 10.6. The largest absolute Gasteiger partial charge is 0.416 e. The molecule has 2 amide bonds. The van der Waals surface area contributed by atoms with Gasteiger partial charge in [0.1, 0.15) is 0 Å². The van der Waals surface area contributed by atoms with Crippen LogP contribution in [-0.2, 0) is 10.9 Å². The number of hydrogen-bond acceptors (Lipinski definition) is 3. The highest BCUT2D eigenvalue weighted by atomic mass is 19.4. The average Bonchev–Trinajstić information content (AvgIpc) is 2.77. The lowest BCUT2D eigenvalue weighted by Gasteiger charge is -2.30. The first kappa shape index (κ1) is 23.8. The fourth-order valence-corrected chi connectivity index (χ4v) is 3.46. The number of halogens is 3. The molecule has 0 bridgehead atoms. The number of benzene rings is 2. The Morgan fingerprint density at radius 2 is 1.75 bits per heavy atom. The summed E-state index contributed by atoms with van der Waals surface area (Å²) in [4.78, 5) is 16.9. The number of amides is 2. The van der Waals surface area contributed by atoms with Crippen molar-refractivity contribution in [2.75, 3.05) is 51.3 Å². The molecular weight excluding hydrogens is 419 g/mol. The van der Waals surface area contributed by atoms with Crippen molar-refractivity contribution in [3.8, 4) is 0 Å². The second kappa shape index (κ2) is 11.2. The maximum atomic E-state index is 13.0. The van der Waals surface area contributed by atoms with Gasteiger partial charge in [-0.25, -0.2) is 4.79 Å². The number of hydrogen-bond donors (Lipinski definition) is 1. The molecule has 0 aliphatic carbocycles. The van der Waals surface area contributed by atoms with Gasteiger partial charge in [-0.05, 0) is 36.8 Å². The van der Waals surface area contributed by atoms with E-state index in [1.54, 1.807) is 4.90 Å². The first-order valence-corrected chi connectivity index (χ1v) is 10.6. The molecular formula is C24H28F3N3O2. The van der Waals surface area contributed by atoms with Gasteiger partial charge in [0.05, 0.1) is 18.8 Å². The molecule has 172 valence electrons. The minimum absolute atomic E-state index is 0.323. The van der Waals surface area contributed by atoms with Gasteiger partial charge in [0, 0.05) is 38.4 Å². The van der Waals surface area contributed by atoms with Crippen LogP contribution in [0, 0.1) is 0 Å².